The third kappa shape index (κ3) is 1.83. The standard InChI is InChI=1S/C17H11BrN2O/c18-12-7-9-13(10-8-12)20-15-5-2-1-4-14(15)19-11-3-6-16(19)17(20)21/h1-11H. The minimum atomic E-state index is -0.0129. The van der Waals surface area contributed by atoms with Crippen LogP contribution in [-0.2, 0) is 0 Å². The summed E-state index contributed by atoms with van der Waals surface area (Å²) in [6.07, 6.45) is 1.92. The van der Waals surface area contributed by atoms with Crippen LogP contribution in [0, 0.1) is 0 Å². The van der Waals surface area contributed by atoms with E-state index in [1.165, 1.54) is 0 Å². The van der Waals surface area contributed by atoms with E-state index in [0.29, 0.717) is 5.52 Å². The number of fused-ring (bicyclic) bond motifs is 3. The molecule has 0 aliphatic rings. The van der Waals surface area contributed by atoms with Gasteiger partial charge in [-0.2, -0.15) is 0 Å². The van der Waals surface area contributed by atoms with Crippen LogP contribution in [0.5, 0.6) is 0 Å². The molecule has 0 fully saturated rings. The number of halogens is 1. The SMILES string of the molecule is O=c1c2cccn2c2ccccc2n1-c1ccc(Br)cc1. The first-order valence-electron chi connectivity index (χ1n) is 6.62. The summed E-state index contributed by atoms with van der Waals surface area (Å²) in [7, 11) is 0. The van der Waals surface area contributed by atoms with Crippen molar-refractivity contribution in [3.8, 4) is 5.69 Å². The van der Waals surface area contributed by atoms with Gasteiger partial charge in [-0.1, -0.05) is 28.1 Å². The van der Waals surface area contributed by atoms with E-state index in [2.05, 4.69) is 15.9 Å². The molecule has 0 aliphatic heterocycles. The van der Waals surface area contributed by atoms with Crippen LogP contribution in [-0.4, -0.2) is 8.97 Å². The third-order valence-electron chi connectivity index (χ3n) is 3.64. The fraction of sp³-hybridized carbons (Fsp3) is 0. The molecule has 0 aliphatic carbocycles. The molecule has 0 radical (unpaired) electrons. The molecular weight excluding hydrogens is 328 g/mol. The number of hydrogen-bond donors (Lipinski definition) is 0. The monoisotopic (exact) mass is 338 g/mol. The van der Waals surface area contributed by atoms with Gasteiger partial charge in [0.1, 0.15) is 5.52 Å². The Morgan fingerprint density at radius 1 is 0.762 bits per heavy atom. The zero-order valence-corrected chi connectivity index (χ0v) is 12.6. The number of para-hydroxylation sites is 2. The van der Waals surface area contributed by atoms with Crippen LogP contribution < -0.4 is 5.56 Å². The first kappa shape index (κ1) is 12.4. The topological polar surface area (TPSA) is 26.4 Å². The lowest BCUT2D eigenvalue weighted by Gasteiger charge is -2.12. The summed E-state index contributed by atoms with van der Waals surface area (Å²) in [6, 6.07) is 19.5. The fourth-order valence-electron chi connectivity index (χ4n) is 2.69. The highest BCUT2D eigenvalue weighted by Crippen LogP contribution is 2.20. The Hall–Kier alpha value is -2.33. The second kappa shape index (κ2) is 4.60. The van der Waals surface area contributed by atoms with E-state index in [1.807, 2.05) is 71.3 Å². The van der Waals surface area contributed by atoms with Crippen LogP contribution in [0.25, 0.3) is 22.2 Å². The Morgan fingerprint density at radius 3 is 2.19 bits per heavy atom. The lowest BCUT2D eigenvalue weighted by Crippen LogP contribution is -2.20. The maximum atomic E-state index is 12.8. The summed E-state index contributed by atoms with van der Waals surface area (Å²) in [5.41, 5.74) is 3.44. The van der Waals surface area contributed by atoms with Gasteiger partial charge in [0.15, 0.2) is 0 Å². The Bertz CT molecular complexity index is 1010. The van der Waals surface area contributed by atoms with Gasteiger partial charge in [-0.25, -0.2) is 0 Å². The molecule has 2 heterocycles. The van der Waals surface area contributed by atoms with Gasteiger partial charge in [0.05, 0.1) is 11.0 Å². The maximum absolute atomic E-state index is 12.8. The Kier molecular flexibility index (Phi) is 2.72. The van der Waals surface area contributed by atoms with E-state index in [-0.39, 0.29) is 5.56 Å². The zero-order chi connectivity index (χ0) is 14.4. The van der Waals surface area contributed by atoms with Crippen LogP contribution in [0.3, 0.4) is 0 Å². The van der Waals surface area contributed by atoms with Crippen LogP contribution in [0.15, 0.2) is 76.1 Å². The molecule has 4 heteroatoms. The summed E-state index contributed by atoms with van der Waals surface area (Å²) >= 11 is 3.43. The average molecular weight is 339 g/mol. The van der Waals surface area contributed by atoms with Gasteiger partial charge in [-0.15, -0.1) is 0 Å². The molecular formula is C17H11BrN2O. The van der Waals surface area contributed by atoms with Crippen LogP contribution >= 0.6 is 15.9 Å². The highest BCUT2D eigenvalue weighted by Gasteiger charge is 2.11. The molecule has 0 N–H and O–H groups in total. The molecule has 4 aromatic rings. The van der Waals surface area contributed by atoms with Crippen molar-refractivity contribution in [2.24, 2.45) is 0 Å². The Balaban J connectivity index is 2.22. The van der Waals surface area contributed by atoms with E-state index in [9.17, 15) is 4.79 Å². The number of aromatic nitrogens is 2. The first-order chi connectivity index (χ1) is 10.3. The van der Waals surface area contributed by atoms with Crippen molar-refractivity contribution in [3.63, 3.8) is 0 Å². The summed E-state index contributed by atoms with van der Waals surface area (Å²) in [5, 5.41) is 0. The highest BCUT2D eigenvalue weighted by atomic mass is 79.9. The lowest BCUT2D eigenvalue weighted by atomic mass is 10.2. The summed E-state index contributed by atoms with van der Waals surface area (Å²) in [4.78, 5) is 12.8. The van der Waals surface area contributed by atoms with Crippen LogP contribution in [0.4, 0.5) is 0 Å². The minimum Gasteiger partial charge on any atom is -0.310 e. The van der Waals surface area contributed by atoms with E-state index in [0.717, 1.165) is 21.2 Å². The quantitative estimate of drug-likeness (QED) is 0.515. The minimum absolute atomic E-state index is 0.0129. The number of hydrogen-bond acceptors (Lipinski definition) is 1. The summed E-state index contributed by atoms with van der Waals surface area (Å²) in [6.45, 7) is 0. The largest absolute Gasteiger partial charge is 0.310 e. The van der Waals surface area contributed by atoms with E-state index >= 15 is 0 Å². The molecule has 21 heavy (non-hydrogen) atoms. The molecule has 0 amide bonds. The predicted molar refractivity (Wildman–Crippen MR) is 88.2 cm³/mol. The molecule has 0 bridgehead atoms. The van der Waals surface area contributed by atoms with Gasteiger partial charge in [0.25, 0.3) is 5.56 Å². The molecule has 0 spiro atoms. The van der Waals surface area contributed by atoms with Crippen molar-refractivity contribution in [1.82, 2.24) is 8.97 Å². The molecule has 2 aromatic carbocycles. The van der Waals surface area contributed by atoms with Crippen molar-refractivity contribution >= 4 is 32.5 Å². The normalized spacial score (nSPS) is 11.3. The van der Waals surface area contributed by atoms with Gasteiger partial charge >= 0.3 is 0 Å². The highest BCUT2D eigenvalue weighted by molar-refractivity contribution is 9.10. The van der Waals surface area contributed by atoms with E-state index in [1.54, 1.807) is 4.57 Å². The molecule has 0 saturated carbocycles. The molecule has 0 saturated heterocycles. The predicted octanol–water partition coefficient (Wildman–Crippen LogP) is 4.01. The molecule has 102 valence electrons. The van der Waals surface area contributed by atoms with Gasteiger partial charge < -0.3 is 4.40 Å². The first-order valence-corrected chi connectivity index (χ1v) is 7.42. The Morgan fingerprint density at radius 2 is 1.43 bits per heavy atom. The van der Waals surface area contributed by atoms with Gasteiger partial charge in [-0.3, -0.25) is 9.36 Å². The fourth-order valence-corrected chi connectivity index (χ4v) is 2.96. The van der Waals surface area contributed by atoms with Crippen molar-refractivity contribution in [2.45, 2.75) is 0 Å². The lowest BCUT2D eigenvalue weighted by molar-refractivity contribution is 1.02. The van der Waals surface area contributed by atoms with Crippen molar-refractivity contribution < 1.29 is 0 Å². The molecule has 3 nitrogen and oxygen atoms in total. The molecule has 0 unspecified atom stereocenters. The summed E-state index contributed by atoms with van der Waals surface area (Å²) < 4.78 is 4.69. The maximum Gasteiger partial charge on any atom is 0.279 e. The Labute approximate surface area is 129 Å². The van der Waals surface area contributed by atoms with Crippen molar-refractivity contribution in [2.75, 3.05) is 0 Å². The van der Waals surface area contributed by atoms with Crippen molar-refractivity contribution in [3.05, 3.63) is 81.7 Å². The number of nitrogens with zero attached hydrogens (tertiary/aromatic N) is 2. The van der Waals surface area contributed by atoms with Crippen LogP contribution in [0.2, 0.25) is 0 Å². The number of rotatable bonds is 1. The van der Waals surface area contributed by atoms with Crippen molar-refractivity contribution in [1.29, 1.82) is 0 Å². The van der Waals surface area contributed by atoms with E-state index in [4.69, 9.17) is 0 Å². The third-order valence-corrected chi connectivity index (χ3v) is 4.17. The second-order valence-electron chi connectivity index (χ2n) is 4.87. The number of benzene rings is 2. The smallest absolute Gasteiger partial charge is 0.279 e. The zero-order valence-electron chi connectivity index (χ0n) is 11.0. The molecule has 0 atom stereocenters. The molecule has 2 aromatic heterocycles. The summed E-state index contributed by atoms with van der Waals surface area (Å²) in [5.74, 6) is 0. The van der Waals surface area contributed by atoms with Gasteiger partial charge in [0.2, 0.25) is 0 Å². The molecule has 4 rings (SSSR count). The average Bonchev–Trinajstić information content (AvgIpc) is 2.99. The van der Waals surface area contributed by atoms with Gasteiger partial charge in [0, 0.05) is 16.4 Å². The second-order valence-corrected chi connectivity index (χ2v) is 5.78. The van der Waals surface area contributed by atoms with Gasteiger partial charge in [-0.05, 0) is 48.5 Å². The van der Waals surface area contributed by atoms with E-state index < -0.39 is 0 Å². The van der Waals surface area contributed by atoms with Crippen LogP contribution in [0.1, 0.15) is 0 Å².